The van der Waals surface area contributed by atoms with E-state index in [0.29, 0.717) is 28.3 Å². The number of hydrogen-bond donors (Lipinski definition) is 2. The second kappa shape index (κ2) is 13.4. The number of nitrogens with one attached hydrogen (secondary N) is 2. The third kappa shape index (κ3) is 8.17. The highest BCUT2D eigenvalue weighted by Gasteiger charge is 2.35. The molecule has 1 fully saturated rings. The van der Waals surface area contributed by atoms with Crippen molar-refractivity contribution in [2.75, 3.05) is 50.2 Å². The number of hydrogen-bond acceptors (Lipinski definition) is 8. The molecule has 14 heteroatoms. The standard InChI is InChI=1S/C30H37F3N6O4S/c1-19-6-7-20(26(16-19)39(3)44(5,41)42)8-10-24-23(30(31,32)33)18-34-29(36-24)37-25-11-9-21(17-27(25)43-4)28(40)35-22-12-14-38(2)15-13-22/h6-7,9,11,16-18,22H,8,10,12-15H2,1-5H3,(H,35,40)(H,34,36,37). The molecule has 0 bridgehead atoms. The van der Waals surface area contributed by atoms with Crippen LogP contribution in [0.5, 0.6) is 5.75 Å². The molecule has 0 saturated carbocycles. The van der Waals surface area contributed by atoms with Crippen molar-refractivity contribution in [3.05, 3.63) is 70.5 Å². The minimum atomic E-state index is -4.70. The van der Waals surface area contributed by atoms with Gasteiger partial charge in [0.05, 0.1) is 36.0 Å². The number of nitrogens with zero attached hydrogens (tertiary/aromatic N) is 4. The number of benzene rings is 2. The van der Waals surface area contributed by atoms with Gasteiger partial charge in [0.1, 0.15) is 5.75 Å². The maximum Gasteiger partial charge on any atom is 0.419 e. The quantitative estimate of drug-likeness (QED) is 0.334. The van der Waals surface area contributed by atoms with Crippen molar-refractivity contribution in [3.8, 4) is 5.75 Å². The summed E-state index contributed by atoms with van der Waals surface area (Å²) in [4.78, 5) is 23.2. The molecule has 0 spiro atoms. The van der Waals surface area contributed by atoms with Crippen LogP contribution in [0.15, 0.2) is 42.6 Å². The minimum absolute atomic E-state index is 0.0734. The first-order valence-electron chi connectivity index (χ1n) is 14.1. The maximum atomic E-state index is 13.9. The number of anilines is 3. The number of aromatic nitrogens is 2. The van der Waals surface area contributed by atoms with Crippen molar-refractivity contribution in [1.29, 1.82) is 0 Å². The maximum absolute atomic E-state index is 13.9. The lowest BCUT2D eigenvalue weighted by atomic mass is 10.0. The number of piperidine rings is 1. The fourth-order valence-electron chi connectivity index (χ4n) is 4.99. The van der Waals surface area contributed by atoms with E-state index >= 15 is 0 Å². The van der Waals surface area contributed by atoms with E-state index in [1.165, 1.54) is 14.2 Å². The number of ether oxygens (including phenoxy) is 1. The molecule has 44 heavy (non-hydrogen) atoms. The van der Waals surface area contributed by atoms with Crippen LogP contribution in [0.4, 0.5) is 30.5 Å². The van der Waals surface area contributed by atoms with E-state index < -0.39 is 21.8 Å². The second-order valence-electron chi connectivity index (χ2n) is 11.0. The summed E-state index contributed by atoms with van der Waals surface area (Å²) in [6.07, 6.45) is -1.25. The van der Waals surface area contributed by atoms with Gasteiger partial charge >= 0.3 is 6.18 Å². The average molecular weight is 635 g/mol. The van der Waals surface area contributed by atoms with Gasteiger partial charge in [-0.2, -0.15) is 13.2 Å². The Morgan fingerprint density at radius 3 is 2.48 bits per heavy atom. The molecule has 0 radical (unpaired) electrons. The fourth-order valence-corrected chi connectivity index (χ4v) is 5.52. The summed E-state index contributed by atoms with van der Waals surface area (Å²) in [6.45, 7) is 3.60. The topological polar surface area (TPSA) is 117 Å². The molecule has 10 nitrogen and oxygen atoms in total. The summed E-state index contributed by atoms with van der Waals surface area (Å²) in [7, 11) is 1.27. The molecule has 2 aromatic carbocycles. The number of rotatable bonds is 10. The Bertz CT molecular complexity index is 1610. The zero-order valence-electron chi connectivity index (χ0n) is 25.3. The highest BCUT2D eigenvalue weighted by Crippen LogP contribution is 2.34. The van der Waals surface area contributed by atoms with Crippen molar-refractivity contribution in [1.82, 2.24) is 20.2 Å². The number of halogens is 3. The molecular formula is C30H37F3N6O4S. The predicted octanol–water partition coefficient (Wildman–Crippen LogP) is 4.56. The van der Waals surface area contributed by atoms with E-state index in [1.807, 2.05) is 7.05 Å². The number of aryl methyl sites for hydroxylation is 3. The molecule has 0 atom stereocenters. The van der Waals surface area contributed by atoms with Crippen molar-refractivity contribution in [2.45, 2.75) is 44.8 Å². The predicted molar refractivity (Wildman–Crippen MR) is 163 cm³/mol. The van der Waals surface area contributed by atoms with Crippen LogP contribution in [0.2, 0.25) is 0 Å². The van der Waals surface area contributed by atoms with Gasteiger partial charge in [-0.15, -0.1) is 0 Å². The first-order chi connectivity index (χ1) is 20.7. The molecule has 3 aromatic rings. The molecule has 2 heterocycles. The number of amides is 1. The number of likely N-dealkylation sites (tertiary alicyclic amines) is 1. The Balaban J connectivity index is 1.56. The Morgan fingerprint density at radius 2 is 1.84 bits per heavy atom. The number of carbonyl (C=O) groups excluding carboxylic acids is 1. The van der Waals surface area contributed by atoms with Gasteiger partial charge in [-0.25, -0.2) is 18.4 Å². The lowest BCUT2D eigenvalue weighted by Gasteiger charge is -2.29. The molecule has 2 N–H and O–H groups in total. The first-order valence-corrected chi connectivity index (χ1v) is 15.9. The monoisotopic (exact) mass is 634 g/mol. The molecule has 1 amide bonds. The van der Waals surface area contributed by atoms with Crippen LogP contribution >= 0.6 is 0 Å². The molecule has 0 unspecified atom stereocenters. The molecular weight excluding hydrogens is 597 g/mol. The Kier molecular flexibility index (Phi) is 10.0. The van der Waals surface area contributed by atoms with Gasteiger partial charge < -0.3 is 20.3 Å². The van der Waals surface area contributed by atoms with Crippen LogP contribution in [-0.2, 0) is 29.0 Å². The Hall–Kier alpha value is -3.91. The third-order valence-electron chi connectivity index (χ3n) is 7.65. The summed E-state index contributed by atoms with van der Waals surface area (Å²) in [5.41, 5.74) is 1.26. The summed E-state index contributed by atoms with van der Waals surface area (Å²) in [6, 6.07) is 9.96. The van der Waals surface area contributed by atoms with E-state index in [1.54, 1.807) is 43.3 Å². The summed E-state index contributed by atoms with van der Waals surface area (Å²) in [5.74, 6) is -0.0409. The zero-order valence-corrected chi connectivity index (χ0v) is 26.1. The smallest absolute Gasteiger partial charge is 0.419 e. The summed E-state index contributed by atoms with van der Waals surface area (Å²) in [5, 5.41) is 5.96. The van der Waals surface area contributed by atoms with Crippen LogP contribution in [0.1, 0.15) is 45.6 Å². The average Bonchev–Trinajstić information content (AvgIpc) is 2.96. The third-order valence-corrected chi connectivity index (χ3v) is 8.84. The fraction of sp³-hybridized carbons (Fsp3) is 0.433. The van der Waals surface area contributed by atoms with Gasteiger partial charge in [-0.1, -0.05) is 12.1 Å². The van der Waals surface area contributed by atoms with Crippen molar-refractivity contribution >= 4 is 33.3 Å². The summed E-state index contributed by atoms with van der Waals surface area (Å²) < 4.78 is 72.7. The van der Waals surface area contributed by atoms with Crippen LogP contribution in [0.25, 0.3) is 0 Å². The number of alkyl halides is 3. The van der Waals surface area contributed by atoms with Gasteiger partial charge in [0.25, 0.3) is 5.91 Å². The van der Waals surface area contributed by atoms with E-state index in [9.17, 15) is 26.4 Å². The lowest BCUT2D eigenvalue weighted by molar-refractivity contribution is -0.138. The molecule has 0 aliphatic carbocycles. The Morgan fingerprint density at radius 1 is 1.14 bits per heavy atom. The van der Waals surface area contributed by atoms with Crippen molar-refractivity contribution < 1.29 is 31.1 Å². The van der Waals surface area contributed by atoms with Gasteiger partial charge in [0.15, 0.2) is 0 Å². The Labute approximate surface area is 255 Å². The summed E-state index contributed by atoms with van der Waals surface area (Å²) >= 11 is 0. The van der Waals surface area contributed by atoms with Crippen LogP contribution in [0.3, 0.4) is 0 Å². The van der Waals surface area contributed by atoms with Gasteiger partial charge in [0, 0.05) is 24.8 Å². The molecule has 1 aliphatic rings. The molecule has 1 aliphatic heterocycles. The van der Waals surface area contributed by atoms with Crippen LogP contribution in [-0.4, -0.2) is 75.8 Å². The molecule has 238 valence electrons. The van der Waals surface area contributed by atoms with Gasteiger partial charge in [0.2, 0.25) is 16.0 Å². The number of methoxy groups -OCH3 is 1. The van der Waals surface area contributed by atoms with E-state index in [2.05, 4.69) is 25.5 Å². The highest BCUT2D eigenvalue weighted by atomic mass is 32.2. The molecule has 4 rings (SSSR count). The molecule has 1 aromatic heterocycles. The minimum Gasteiger partial charge on any atom is -0.495 e. The van der Waals surface area contributed by atoms with E-state index in [4.69, 9.17) is 4.74 Å². The molecule has 1 saturated heterocycles. The SMILES string of the molecule is COc1cc(C(=O)NC2CCN(C)CC2)ccc1Nc1ncc(C(F)(F)F)c(CCc2ccc(C)cc2N(C)S(C)(=O)=O)n1. The largest absolute Gasteiger partial charge is 0.495 e. The lowest BCUT2D eigenvalue weighted by Crippen LogP contribution is -2.43. The normalized spacial score (nSPS) is 14.7. The van der Waals surface area contributed by atoms with Gasteiger partial charge in [-0.05, 0) is 88.1 Å². The second-order valence-corrected chi connectivity index (χ2v) is 13.0. The van der Waals surface area contributed by atoms with E-state index in [0.717, 1.165) is 48.3 Å². The van der Waals surface area contributed by atoms with E-state index in [-0.39, 0.29) is 36.4 Å². The first kappa shape index (κ1) is 33.0. The van der Waals surface area contributed by atoms with Gasteiger partial charge in [-0.3, -0.25) is 9.10 Å². The zero-order chi connectivity index (χ0) is 32.2. The van der Waals surface area contributed by atoms with Crippen molar-refractivity contribution in [3.63, 3.8) is 0 Å². The van der Waals surface area contributed by atoms with Crippen LogP contribution < -0.4 is 19.7 Å². The number of sulfonamides is 1. The number of carbonyl (C=O) groups is 1. The van der Waals surface area contributed by atoms with Crippen molar-refractivity contribution in [2.24, 2.45) is 0 Å². The highest BCUT2D eigenvalue weighted by molar-refractivity contribution is 7.92. The van der Waals surface area contributed by atoms with Crippen LogP contribution in [0, 0.1) is 6.92 Å².